The summed E-state index contributed by atoms with van der Waals surface area (Å²) in [6.07, 6.45) is 2.96. The molecule has 2 rings (SSSR count). The van der Waals surface area contributed by atoms with Gasteiger partial charge in [0.15, 0.2) is 0 Å². The van der Waals surface area contributed by atoms with Gasteiger partial charge in [0.1, 0.15) is 0 Å². The quantitative estimate of drug-likeness (QED) is 0.833. The van der Waals surface area contributed by atoms with Crippen molar-refractivity contribution >= 4 is 33.2 Å². The van der Waals surface area contributed by atoms with Crippen LogP contribution in [-0.2, 0) is 4.79 Å². The molecule has 4 nitrogen and oxygen atoms in total. The van der Waals surface area contributed by atoms with E-state index in [1.54, 1.807) is 18.3 Å². The van der Waals surface area contributed by atoms with Crippen LogP contribution in [0.3, 0.4) is 0 Å². The van der Waals surface area contributed by atoms with E-state index in [0.717, 1.165) is 36.8 Å². The predicted molar refractivity (Wildman–Crippen MR) is 91.4 cm³/mol. The average Bonchev–Trinajstić information content (AvgIpc) is 2.86. The summed E-state index contributed by atoms with van der Waals surface area (Å²) >= 11 is 5.30. The van der Waals surface area contributed by atoms with Gasteiger partial charge in [-0.25, -0.2) is 0 Å². The second kappa shape index (κ2) is 7.72. The van der Waals surface area contributed by atoms with E-state index in [2.05, 4.69) is 44.5 Å². The molecule has 0 aliphatic carbocycles. The first-order chi connectivity index (χ1) is 10.0. The minimum atomic E-state index is 0.0671. The lowest BCUT2D eigenvalue weighted by Gasteiger charge is -2.39. The van der Waals surface area contributed by atoms with E-state index < -0.39 is 0 Å². The molecule has 1 amide bonds. The molecule has 0 aromatic carbocycles. The molecule has 1 aliphatic rings. The molecule has 0 saturated carbocycles. The van der Waals surface area contributed by atoms with Crippen LogP contribution in [0.15, 0.2) is 15.9 Å². The van der Waals surface area contributed by atoms with Crippen molar-refractivity contribution in [3.8, 4) is 0 Å². The normalized spacial score (nSPS) is 20.2. The summed E-state index contributed by atoms with van der Waals surface area (Å²) in [5, 5.41) is 5.15. The van der Waals surface area contributed by atoms with Crippen LogP contribution in [0.2, 0.25) is 0 Å². The topological polar surface area (TPSA) is 58.4 Å². The second-order valence-electron chi connectivity index (χ2n) is 5.69. The molecular formula is C15H24BrN3OS. The number of hydrogen-bond acceptors (Lipinski definition) is 4. The number of halogens is 1. The third kappa shape index (κ3) is 4.52. The van der Waals surface area contributed by atoms with Crippen molar-refractivity contribution in [1.29, 1.82) is 0 Å². The van der Waals surface area contributed by atoms with E-state index in [1.165, 1.54) is 4.88 Å². The summed E-state index contributed by atoms with van der Waals surface area (Å²) in [5.74, 6) is 0.0671. The highest BCUT2D eigenvalue weighted by Gasteiger charge is 2.30. The number of thiophene rings is 1. The fourth-order valence-electron chi connectivity index (χ4n) is 2.98. The van der Waals surface area contributed by atoms with Gasteiger partial charge in [-0.2, -0.15) is 0 Å². The summed E-state index contributed by atoms with van der Waals surface area (Å²) in [6.45, 7) is 5.70. The molecule has 2 atom stereocenters. The largest absolute Gasteiger partial charge is 0.354 e. The third-order valence-corrected chi connectivity index (χ3v) is 5.85. The number of nitrogens with two attached hydrogens (primary N) is 1. The number of hydrogen-bond donors (Lipinski definition) is 2. The zero-order valence-corrected chi connectivity index (χ0v) is 15.0. The number of rotatable bonds is 5. The summed E-state index contributed by atoms with van der Waals surface area (Å²) in [4.78, 5) is 15.0. The first kappa shape index (κ1) is 16.9. The number of carbonyl (C=O) groups is 1. The zero-order chi connectivity index (χ0) is 15.4. The minimum absolute atomic E-state index is 0.0671. The summed E-state index contributed by atoms with van der Waals surface area (Å²) in [5.41, 5.74) is 6.38. The standard InChI is InChI=1S/C15H24BrN3OS/c1-3-13(17)15(14-8-11(16)9-21-14)19-6-4-12(5-7-19)18-10(2)20/h8-9,12-13,15H,3-7,17H2,1-2H3,(H,18,20). The fraction of sp³-hybridized carbons (Fsp3) is 0.667. The Balaban J connectivity index is 2.04. The number of carbonyl (C=O) groups excluding carboxylic acids is 1. The lowest BCUT2D eigenvalue weighted by molar-refractivity contribution is -0.120. The van der Waals surface area contributed by atoms with E-state index in [0.29, 0.717) is 6.04 Å². The molecule has 6 heteroatoms. The van der Waals surface area contributed by atoms with Crippen LogP contribution in [0, 0.1) is 0 Å². The molecule has 118 valence electrons. The first-order valence-corrected chi connectivity index (χ1v) is 9.19. The Labute approximate surface area is 139 Å². The van der Waals surface area contributed by atoms with Crippen molar-refractivity contribution in [3.63, 3.8) is 0 Å². The maximum atomic E-state index is 11.2. The molecule has 0 radical (unpaired) electrons. The van der Waals surface area contributed by atoms with Crippen LogP contribution >= 0.6 is 27.3 Å². The summed E-state index contributed by atoms with van der Waals surface area (Å²) < 4.78 is 1.13. The molecule has 1 fully saturated rings. The molecule has 1 aliphatic heterocycles. The molecule has 0 bridgehead atoms. The van der Waals surface area contributed by atoms with E-state index in [1.807, 2.05) is 0 Å². The monoisotopic (exact) mass is 373 g/mol. The Bertz CT molecular complexity index is 471. The van der Waals surface area contributed by atoms with Crippen molar-refractivity contribution in [1.82, 2.24) is 10.2 Å². The Hall–Kier alpha value is -0.430. The molecule has 3 N–H and O–H groups in total. The molecule has 21 heavy (non-hydrogen) atoms. The number of amides is 1. The van der Waals surface area contributed by atoms with Crippen LogP contribution in [0.1, 0.15) is 44.0 Å². The van der Waals surface area contributed by atoms with Gasteiger partial charge in [0.25, 0.3) is 0 Å². The first-order valence-electron chi connectivity index (χ1n) is 7.52. The van der Waals surface area contributed by atoms with E-state index >= 15 is 0 Å². The van der Waals surface area contributed by atoms with Gasteiger partial charge in [-0.15, -0.1) is 11.3 Å². The van der Waals surface area contributed by atoms with Crippen molar-refractivity contribution in [2.24, 2.45) is 5.73 Å². The molecular weight excluding hydrogens is 350 g/mol. The molecule has 2 heterocycles. The smallest absolute Gasteiger partial charge is 0.217 e. The van der Waals surface area contributed by atoms with Gasteiger partial charge in [-0.05, 0) is 41.3 Å². The van der Waals surface area contributed by atoms with Crippen LogP contribution in [0.4, 0.5) is 0 Å². The maximum absolute atomic E-state index is 11.2. The van der Waals surface area contributed by atoms with Gasteiger partial charge >= 0.3 is 0 Å². The van der Waals surface area contributed by atoms with Gasteiger partial charge in [-0.3, -0.25) is 9.69 Å². The van der Waals surface area contributed by atoms with Gasteiger partial charge in [0.2, 0.25) is 5.91 Å². The van der Waals surface area contributed by atoms with Gasteiger partial charge in [-0.1, -0.05) is 6.92 Å². The third-order valence-electron chi connectivity index (χ3n) is 4.09. The summed E-state index contributed by atoms with van der Waals surface area (Å²) in [7, 11) is 0. The highest BCUT2D eigenvalue weighted by Crippen LogP contribution is 2.33. The van der Waals surface area contributed by atoms with Crippen molar-refractivity contribution in [2.45, 2.75) is 51.2 Å². The summed E-state index contributed by atoms with van der Waals surface area (Å²) in [6, 6.07) is 2.93. The second-order valence-corrected chi connectivity index (χ2v) is 7.55. The van der Waals surface area contributed by atoms with Crippen molar-refractivity contribution in [2.75, 3.05) is 13.1 Å². The molecule has 0 spiro atoms. The van der Waals surface area contributed by atoms with Crippen molar-refractivity contribution in [3.05, 3.63) is 20.8 Å². The SMILES string of the molecule is CCC(N)C(c1cc(Br)cs1)N1CCC(NC(C)=O)CC1. The number of piperidine rings is 1. The van der Waals surface area contributed by atoms with Crippen LogP contribution < -0.4 is 11.1 Å². The number of nitrogens with one attached hydrogen (secondary N) is 1. The lowest BCUT2D eigenvalue weighted by atomic mass is 9.97. The minimum Gasteiger partial charge on any atom is -0.354 e. The molecule has 1 saturated heterocycles. The van der Waals surface area contributed by atoms with E-state index in [-0.39, 0.29) is 18.0 Å². The number of likely N-dealkylation sites (tertiary alicyclic amines) is 1. The highest BCUT2D eigenvalue weighted by atomic mass is 79.9. The Morgan fingerprint density at radius 1 is 1.57 bits per heavy atom. The average molecular weight is 374 g/mol. The van der Waals surface area contributed by atoms with E-state index in [9.17, 15) is 4.79 Å². The molecule has 2 unspecified atom stereocenters. The van der Waals surface area contributed by atoms with Gasteiger partial charge < -0.3 is 11.1 Å². The fourth-order valence-corrected chi connectivity index (χ4v) is 4.63. The zero-order valence-electron chi connectivity index (χ0n) is 12.6. The highest BCUT2D eigenvalue weighted by molar-refractivity contribution is 9.10. The Morgan fingerprint density at radius 2 is 2.24 bits per heavy atom. The van der Waals surface area contributed by atoms with Gasteiger partial charge in [0, 0.05) is 46.8 Å². The Kier molecular flexibility index (Phi) is 6.22. The van der Waals surface area contributed by atoms with E-state index in [4.69, 9.17) is 5.73 Å². The van der Waals surface area contributed by atoms with Crippen LogP contribution in [0.25, 0.3) is 0 Å². The molecule has 1 aromatic rings. The lowest BCUT2D eigenvalue weighted by Crippen LogP contribution is -2.48. The maximum Gasteiger partial charge on any atom is 0.217 e. The number of nitrogens with zero attached hydrogens (tertiary/aromatic N) is 1. The van der Waals surface area contributed by atoms with Crippen LogP contribution in [-0.4, -0.2) is 36.0 Å². The van der Waals surface area contributed by atoms with Crippen molar-refractivity contribution < 1.29 is 4.79 Å². The Morgan fingerprint density at radius 3 is 2.71 bits per heavy atom. The predicted octanol–water partition coefficient (Wildman–Crippen LogP) is 2.89. The van der Waals surface area contributed by atoms with Crippen LogP contribution in [0.5, 0.6) is 0 Å². The molecule has 1 aromatic heterocycles. The van der Waals surface area contributed by atoms with Gasteiger partial charge in [0.05, 0.1) is 6.04 Å².